The second-order valence-electron chi connectivity index (χ2n) is 5.69. The van der Waals surface area contributed by atoms with Gasteiger partial charge in [0, 0.05) is 11.6 Å². The van der Waals surface area contributed by atoms with Crippen molar-refractivity contribution in [3.8, 4) is 5.75 Å². The van der Waals surface area contributed by atoms with Gasteiger partial charge in [-0.05, 0) is 54.8 Å². The molecule has 2 aromatic carbocycles. The minimum atomic E-state index is -3.53. The highest BCUT2D eigenvalue weighted by Gasteiger charge is 2.13. The summed E-state index contributed by atoms with van der Waals surface area (Å²) in [5.74, 6) is 0.714. The van der Waals surface area contributed by atoms with Gasteiger partial charge in [-0.15, -0.1) is 0 Å². The van der Waals surface area contributed by atoms with Gasteiger partial charge >= 0.3 is 0 Å². The highest BCUT2D eigenvalue weighted by atomic mass is 35.5. The SMILES string of the molecule is CCCC(N)Oc1ccc(CCNS(=O)(=O)c2ccc(Cl)cc2)cc1. The van der Waals surface area contributed by atoms with E-state index >= 15 is 0 Å². The molecule has 0 saturated carbocycles. The lowest BCUT2D eigenvalue weighted by Gasteiger charge is -2.14. The fourth-order valence-corrected chi connectivity index (χ4v) is 3.44. The van der Waals surface area contributed by atoms with Crippen LogP contribution in [0.1, 0.15) is 25.3 Å². The minimum absolute atomic E-state index is 0.200. The Bertz CT molecular complexity index is 762. The van der Waals surface area contributed by atoms with Gasteiger partial charge in [0.2, 0.25) is 10.0 Å². The molecule has 0 aliphatic carbocycles. The fraction of sp³-hybridized carbons (Fsp3) is 0.333. The second-order valence-corrected chi connectivity index (χ2v) is 7.89. The molecule has 1 atom stereocenters. The zero-order valence-corrected chi connectivity index (χ0v) is 15.7. The van der Waals surface area contributed by atoms with Gasteiger partial charge in [0.1, 0.15) is 12.0 Å². The Morgan fingerprint density at radius 2 is 1.76 bits per heavy atom. The summed E-state index contributed by atoms with van der Waals surface area (Å²) in [5, 5.41) is 0.500. The zero-order chi connectivity index (χ0) is 18.3. The van der Waals surface area contributed by atoms with E-state index in [0.29, 0.717) is 23.7 Å². The molecule has 2 rings (SSSR count). The highest BCUT2D eigenvalue weighted by Crippen LogP contribution is 2.16. The van der Waals surface area contributed by atoms with Crippen molar-refractivity contribution in [3.63, 3.8) is 0 Å². The third-order valence-electron chi connectivity index (χ3n) is 3.61. The lowest BCUT2D eigenvalue weighted by Crippen LogP contribution is -2.26. The largest absolute Gasteiger partial charge is 0.476 e. The number of halogens is 1. The molecule has 2 aromatic rings. The standard InChI is InChI=1S/C18H23ClN2O3S/c1-2-3-18(20)24-16-8-4-14(5-9-16)12-13-21-25(22,23)17-10-6-15(19)7-11-17/h4-11,18,21H,2-3,12-13,20H2,1H3. The number of hydrogen-bond acceptors (Lipinski definition) is 4. The molecule has 0 aliphatic rings. The summed E-state index contributed by atoms with van der Waals surface area (Å²) in [6, 6.07) is 13.6. The number of sulfonamides is 1. The first-order valence-electron chi connectivity index (χ1n) is 8.17. The third-order valence-corrected chi connectivity index (χ3v) is 5.34. The average Bonchev–Trinajstić information content (AvgIpc) is 2.57. The van der Waals surface area contributed by atoms with Crippen molar-refractivity contribution in [2.45, 2.75) is 37.3 Å². The summed E-state index contributed by atoms with van der Waals surface area (Å²) >= 11 is 5.77. The Hall–Kier alpha value is -1.60. The van der Waals surface area contributed by atoms with Crippen molar-refractivity contribution in [1.29, 1.82) is 0 Å². The Morgan fingerprint density at radius 3 is 2.36 bits per heavy atom. The van der Waals surface area contributed by atoms with Gasteiger partial charge in [-0.3, -0.25) is 5.73 Å². The summed E-state index contributed by atoms with van der Waals surface area (Å²) in [7, 11) is -3.53. The number of hydrogen-bond donors (Lipinski definition) is 2. The van der Waals surface area contributed by atoms with Gasteiger partial charge in [0.05, 0.1) is 4.90 Å². The van der Waals surface area contributed by atoms with Gasteiger partial charge < -0.3 is 4.74 Å². The minimum Gasteiger partial charge on any atom is -0.476 e. The number of benzene rings is 2. The van der Waals surface area contributed by atoms with Crippen LogP contribution in [0.2, 0.25) is 5.02 Å². The van der Waals surface area contributed by atoms with Gasteiger partial charge in [0.15, 0.2) is 0 Å². The van der Waals surface area contributed by atoms with Crippen LogP contribution in [-0.4, -0.2) is 21.2 Å². The first-order chi connectivity index (χ1) is 11.9. The van der Waals surface area contributed by atoms with Gasteiger partial charge in [-0.1, -0.05) is 37.1 Å². The summed E-state index contributed by atoms with van der Waals surface area (Å²) in [5.41, 5.74) is 6.85. The van der Waals surface area contributed by atoms with E-state index in [1.807, 2.05) is 24.3 Å². The molecule has 0 bridgehead atoms. The van der Waals surface area contributed by atoms with Crippen LogP contribution in [0.5, 0.6) is 5.75 Å². The number of nitrogens with one attached hydrogen (secondary N) is 1. The Balaban J connectivity index is 1.86. The van der Waals surface area contributed by atoms with E-state index in [1.165, 1.54) is 12.1 Å². The van der Waals surface area contributed by atoms with Crippen molar-refractivity contribution in [2.75, 3.05) is 6.54 Å². The molecule has 1 unspecified atom stereocenters. The monoisotopic (exact) mass is 382 g/mol. The number of rotatable bonds is 9. The molecule has 0 amide bonds. The maximum atomic E-state index is 12.2. The number of ether oxygens (including phenoxy) is 1. The van der Waals surface area contributed by atoms with Crippen LogP contribution in [0, 0.1) is 0 Å². The van der Waals surface area contributed by atoms with Crippen LogP contribution < -0.4 is 15.2 Å². The Labute approximate surface area is 154 Å². The molecule has 5 nitrogen and oxygen atoms in total. The topological polar surface area (TPSA) is 81.4 Å². The molecule has 0 saturated heterocycles. The van der Waals surface area contributed by atoms with Crippen LogP contribution in [0.15, 0.2) is 53.4 Å². The van der Waals surface area contributed by atoms with E-state index in [2.05, 4.69) is 11.6 Å². The normalized spacial score (nSPS) is 12.8. The van der Waals surface area contributed by atoms with E-state index in [0.717, 1.165) is 18.4 Å². The maximum Gasteiger partial charge on any atom is 0.240 e. The van der Waals surface area contributed by atoms with Crippen LogP contribution in [0.4, 0.5) is 0 Å². The molecule has 0 radical (unpaired) electrons. The van der Waals surface area contributed by atoms with E-state index < -0.39 is 10.0 Å². The molecule has 136 valence electrons. The maximum absolute atomic E-state index is 12.2. The summed E-state index contributed by atoms with van der Waals surface area (Å²) in [6.45, 7) is 2.36. The first-order valence-corrected chi connectivity index (χ1v) is 10.0. The quantitative estimate of drug-likeness (QED) is 0.652. The molecule has 0 aromatic heterocycles. The van der Waals surface area contributed by atoms with Gasteiger partial charge in [-0.2, -0.15) is 0 Å². The second kappa shape index (κ2) is 9.20. The molecule has 0 heterocycles. The Kier molecular flexibility index (Phi) is 7.25. The lowest BCUT2D eigenvalue weighted by atomic mass is 10.1. The van der Waals surface area contributed by atoms with Crippen molar-refractivity contribution in [1.82, 2.24) is 4.72 Å². The molecule has 7 heteroatoms. The lowest BCUT2D eigenvalue weighted by molar-refractivity contribution is 0.197. The van der Waals surface area contributed by atoms with E-state index in [-0.39, 0.29) is 11.1 Å². The molecular weight excluding hydrogens is 360 g/mol. The summed E-state index contributed by atoms with van der Waals surface area (Å²) in [6.07, 6.45) is 2.04. The molecule has 0 aliphatic heterocycles. The predicted octanol–water partition coefficient (Wildman–Crippen LogP) is 3.32. The van der Waals surface area contributed by atoms with Crippen molar-refractivity contribution in [2.24, 2.45) is 5.73 Å². The van der Waals surface area contributed by atoms with E-state index in [4.69, 9.17) is 22.1 Å². The van der Waals surface area contributed by atoms with Gasteiger partial charge in [0.25, 0.3) is 0 Å². The summed E-state index contributed by atoms with van der Waals surface area (Å²) < 4.78 is 32.5. The summed E-state index contributed by atoms with van der Waals surface area (Å²) in [4.78, 5) is 0.200. The number of nitrogens with two attached hydrogens (primary N) is 1. The third kappa shape index (κ3) is 6.32. The van der Waals surface area contributed by atoms with Crippen LogP contribution in [0.3, 0.4) is 0 Å². The van der Waals surface area contributed by atoms with Crippen molar-refractivity contribution in [3.05, 3.63) is 59.1 Å². The van der Waals surface area contributed by atoms with Crippen LogP contribution in [0.25, 0.3) is 0 Å². The average molecular weight is 383 g/mol. The molecule has 0 spiro atoms. The molecule has 3 N–H and O–H groups in total. The Morgan fingerprint density at radius 1 is 1.12 bits per heavy atom. The van der Waals surface area contributed by atoms with E-state index in [1.54, 1.807) is 12.1 Å². The highest BCUT2D eigenvalue weighted by molar-refractivity contribution is 7.89. The van der Waals surface area contributed by atoms with E-state index in [9.17, 15) is 8.42 Å². The van der Waals surface area contributed by atoms with Crippen molar-refractivity contribution >= 4 is 21.6 Å². The van der Waals surface area contributed by atoms with Crippen molar-refractivity contribution < 1.29 is 13.2 Å². The fourth-order valence-electron chi connectivity index (χ4n) is 2.28. The van der Waals surface area contributed by atoms with Crippen LogP contribution >= 0.6 is 11.6 Å². The molecule has 25 heavy (non-hydrogen) atoms. The molecular formula is C18H23ClN2O3S. The first kappa shape index (κ1) is 19.7. The van der Waals surface area contributed by atoms with Gasteiger partial charge in [-0.25, -0.2) is 13.1 Å². The molecule has 0 fully saturated rings. The zero-order valence-electron chi connectivity index (χ0n) is 14.1. The smallest absolute Gasteiger partial charge is 0.240 e. The van der Waals surface area contributed by atoms with Crippen LogP contribution in [-0.2, 0) is 16.4 Å². The predicted molar refractivity (Wildman–Crippen MR) is 100 cm³/mol.